The van der Waals surface area contributed by atoms with E-state index in [1.54, 1.807) is 28.2 Å². The number of nitrogens with one attached hydrogen (secondary N) is 2. The Morgan fingerprint density at radius 3 is 2.11 bits per heavy atom. The number of sulfonamides is 1. The van der Waals surface area contributed by atoms with Crippen molar-refractivity contribution in [3.05, 3.63) is 89.5 Å². The predicted molar refractivity (Wildman–Crippen MR) is 286 cm³/mol. The molecule has 75 heavy (non-hydrogen) atoms. The Balaban J connectivity index is 0.892. The van der Waals surface area contributed by atoms with Gasteiger partial charge in [0, 0.05) is 106 Å². The van der Waals surface area contributed by atoms with Crippen molar-refractivity contribution in [2.45, 2.75) is 130 Å². The number of carbonyl (C=O) groups excluding carboxylic acids is 2. The van der Waals surface area contributed by atoms with Crippen LogP contribution in [0.3, 0.4) is 0 Å². The zero-order valence-corrected chi connectivity index (χ0v) is 45.9. The van der Waals surface area contributed by atoms with Crippen molar-refractivity contribution in [3.63, 3.8) is 0 Å². The molecule has 4 aliphatic carbocycles. The fourth-order valence-electron chi connectivity index (χ4n) is 12.0. The van der Waals surface area contributed by atoms with E-state index in [2.05, 4.69) is 40.8 Å². The maximum absolute atomic E-state index is 14.4. The Labute approximate surface area is 445 Å². The van der Waals surface area contributed by atoms with Gasteiger partial charge < -0.3 is 20.2 Å². The fourth-order valence-corrected chi connectivity index (χ4v) is 15.0. The minimum Gasteiger partial charge on any atom is -0.481 e. The van der Waals surface area contributed by atoms with E-state index in [1.807, 2.05) is 35.1 Å². The Bertz CT molecular complexity index is 2780. The van der Waals surface area contributed by atoms with E-state index in [1.165, 1.54) is 62.4 Å². The molecule has 6 aliphatic rings. The molecule has 0 aromatic heterocycles. The number of piperazine rings is 2. The van der Waals surface area contributed by atoms with Crippen molar-refractivity contribution < 1.29 is 49.5 Å². The second-order valence-electron chi connectivity index (χ2n) is 22.4. The molecule has 0 radical (unpaired) electrons. The first kappa shape index (κ1) is 56.6. The van der Waals surface area contributed by atoms with Crippen molar-refractivity contribution in [1.82, 2.24) is 19.4 Å². The number of sulfone groups is 1. The third kappa shape index (κ3) is 13.6. The van der Waals surface area contributed by atoms with Crippen LogP contribution < -0.4 is 14.9 Å². The molecule has 20 heteroatoms. The van der Waals surface area contributed by atoms with Gasteiger partial charge in [-0.3, -0.25) is 24.2 Å². The second-order valence-corrected chi connectivity index (χ2v) is 27.1. The van der Waals surface area contributed by atoms with E-state index >= 15 is 0 Å². The summed E-state index contributed by atoms with van der Waals surface area (Å²) in [7, 11) is -11.0. The molecule has 3 aromatic rings. The maximum Gasteiger partial charge on any atom is 0.501 e. The van der Waals surface area contributed by atoms with Gasteiger partial charge >= 0.3 is 11.5 Å². The van der Waals surface area contributed by atoms with E-state index in [9.17, 15) is 44.4 Å². The van der Waals surface area contributed by atoms with Crippen LogP contribution in [0.1, 0.15) is 115 Å². The molecule has 3 aromatic carbocycles. The van der Waals surface area contributed by atoms with E-state index < -0.39 is 58.8 Å². The van der Waals surface area contributed by atoms with Crippen LogP contribution in [0, 0.1) is 16.2 Å². The normalized spacial score (nSPS) is 22.7. The summed E-state index contributed by atoms with van der Waals surface area (Å²) in [4.78, 5) is 44.5. The molecular weight excluding hydrogens is 1030 g/mol. The highest BCUT2D eigenvalue weighted by Crippen LogP contribution is 2.79. The lowest BCUT2D eigenvalue weighted by atomic mass is 9.31. The zero-order valence-electron chi connectivity index (χ0n) is 43.4. The van der Waals surface area contributed by atoms with E-state index in [0.717, 1.165) is 61.9 Å². The van der Waals surface area contributed by atoms with E-state index in [4.69, 9.17) is 5.11 Å². The third-order valence-corrected chi connectivity index (χ3v) is 20.5. The van der Waals surface area contributed by atoms with Crippen LogP contribution >= 0.6 is 11.8 Å². The first-order valence-electron chi connectivity index (χ1n) is 26.5. The molecule has 2 heterocycles. The number of hydrogen-bond acceptors (Lipinski definition) is 12. The minimum atomic E-state index is -6.12. The highest BCUT2D eigenvalue weighted by molar-refractivity contribution is 7.99. The Hall–Kier alpha value is -4.63. The summed E-state index contributed by atoms with van der Waals surface area (Å²) in [5, 5.41) is 11.9. The van der Waals surface area contributed by atoms with Gasteiger partial charge in [-0.2, -0.15) is 13.2 Å². The Morgan fingerprint density at radius 1 is 0.813 bits per heavy atom. The number of rotatable bonds is 23. The molecule has 1 atom stereocenters. The summed E-state index contributed by atoms with van der Waals surface area (Å²) in [5.41, 5.74) is -0.603. The van der Waals surface area contributed by atoms with Crippen molar-refractivity contribution in [2.24, 2.45) is 16.2 Å². The van der Waals surface area contributed by atoms with Gasteiger partial charge in [0.2, 0.25) is 5.91 Å². The van der Waals surface area contributed by atoms with Crippen molar-refractivity contribution >= 4 is 60.8 Å². The van der Waals surface area contributed by atoms with E-state index in [0.29, 0.717) is 92.9 Å². The standard InChI is InChI=1S/C55H73F3N6O8S3/c1-4-53-37-54(38-53,39-53)46-34-52(2,3)23-21-41(46)35-62-27-29-63(30-28-62)43-17-15-40(16-18-43)51(68)60-75(71,72)45-19-20-47(48(33-45)74(69,70)55(56,57)58)59-42(36-73-44-11-7-5-8-12-44)22-24-61-25-31-64(32-26-61)49(65)13-9-6-10-14-50(66)67/h5,7-8,11-12,15-20,33,42,59H,4,6,9-10,13-14,21-32,34-39H2,1-3H3,(H,60,68)(H,66,67)/t42-,53?,54?/m1/s1. The predicted octanol–water partition coefficient (Wildman–Crippen LogP) is 9.45. The molecule has 2 amide bonds. The number of allylic oxidation sites excluding steroid dienone is 1. The van der Waals surface area contributed by atoms with Gasteiger partial charge in [-0.1, -0.05) is 63.0 Å². The van der Waals surface area contributed by atoms with Crippen LogP contribution in [0.4, 0.5) is 24.5 Å². The van der Waals surface area contributed by atoms with Gasteiger partial charge in [-0.15, -0.1) is 11.8 Å². The molecule has 0 unspecified atom stereocenters. The Kier molecular flexibility index (Phi) is 17.5. The summed E-state index contributed by atoms with van der Waals surface area (Å²) < 4.78 is 98.9. The molecular formula is C55H73F3N6O8S3. The summed E-state index contributed by atoms with van der Waals surface area (Å²) in [6, 6.07) is 17.5. The fraction of sp³-hybridized carbons (Fsp3) is 0.582. The SMILES string of the molecule is CCC12CC(C3=C(CN4CCN(c5ccc(C(=O)NS(=O)(=O)c6ccc(N[C@H](CCN7CCN(C(=O)CCCCCC(=O)O)CC7)CSc7ccccc7)c(S(=O)(=O)C(F)(F)F)c6)cc5)CC4)CCC(C)(C)C3)(C1)C2. The molecule has 3 saturated carbocycles. The number of hydrogen-bond donors (Lipinski definition) is 3. The second kappa shape index (κ2) is 23.1. The van der Waals surface area contributed by atoms with Crippen LogP contribution in [0.5, 0.6) is 0 Å². The van der Waals surface area contributed by atoms with Gasteiger partial charge in [-0.05, 0) is 129 Å². The third-order valence-electron chi connectivity index (χ3n) is 16.4. The molecule has 5 fully saturated rings. The number of aliphatic carboxylic acids is 1. The average Bonchev–Trinajstić information content (AvgIpc) is 3.35. The molecule has 2 aliphatic heterocycles. The first-order chi connectivity index (χ1) is 35.5. The minimum absolute atomic E-state index is 0.00253. The van der Waals surface area contributed by atoms with Crippen LogP contribution in [0.2, 0.25) is 0 Å². The summed E-state index contributed by atoms with van der Waals surface area (Å²) in [5.74, 6) is -1.60. The average molecular weight is 1100 g/mol. The van der Waals surface area contributed by atoms with Crippen LogP contribution in [-0.2, 0) is 29.4 Å². The number of benzene rings is 3. The van der Waals surface area contributed by atoms with Crippen LogP contribution in [0.15, 0.2) is 98.6 Å². The van der Waals surface area contributed by atoms with Gasteiger partial charge in [-0.25, -0.2) is 21.6 Å². The topological polar surface area (TPSA) is 177 Å². The molecule has 2 saturated heterocycles. The van der Waals surface area contributed by atoms with Gasteiger partial charge in [0.15, 0.2) is 0 Å². The first-order valence-corrected chi connectivity index (χ1v) is 30.4. The number of carboxylic acid groups (broad SMARTS) is 1. The maximum atomic E-state index is 14.4. The molecule has 9 rings (SSSR count). The molecule has 0 spiro atoms. The number of nitrogens with zero attached hydrogens (tertiary/aromatic N) is 4. The lowest BCUT2D eigenvalue weighted by Crippen LogP contribution is -2.63. The smallest absolute Gasteiger partial charge is 0.481 e. The summed E-state index contributed by atoms with van der Waals surface area (Å²) in [6.45, 7) is 13.9. The summed E-state index contributed by atoms with van der Waals surface area (Å²) in [6.07, 6.45) is 11.4. The molecule has 2 bridgehead atoms. The van der Waals surface area contributed by atoms with Gasteiger partial charge in [0.25, 0.3) is 25.8 Å². The number of carboxylic acids is 1. The number of amides is 2. The number of anilines is 2. The van der Waals surface area contributed by atoms with Crippen molar-refractivity contribution in [2.75, 3.05) is 81.4 Å². The van der Waals surface area contributed by atoms with Crippen molar-refractivity contribution in [1.29, 1.82) is 0 Å². The highest BCUT2D eigenvalue weighted by Gasteiger charge is 2.68. The van der Waals surface area contributed by atoms with E-state index in [-0.39, 0.29) is 17.9 Å². The lowest BCUT2D eigenvalue weighted by Gasteiger charge is -2.73. The molecule has 3 N–H and O–H groups in total. The highest BCUT2D eigenvalue weighted by atomic mass is 32.2. The molecule has 14 nitrogen and oxygen atoms in total. The van der Waals surface area contributed by atoms with Crippen molar-refractivity contribution in [3.8, 4) is 0 Å². The monoisotopic (exact) mass is 1100 g/mol. The number of carbonyl (C=O) groups is 3. The number of alkyl halides is 3. The number of thioether (sulfide) groups is 1. The number of unbranched alkanes of at least 4 members (excludes halogenated alkanes) is 2. The van der Waals surface area contributed by atoms with Crippen LogP contribution in [0.25, 0.3) is 0 Å². The van der Waals surface area contributed by atoms with Gasteiger partial charge in [0.1, 0.15) is 4.90 Å². The molecule has 410 valence electrons. The van der Waals surface area contributed by atoms with Gasteiger partial charge in [0.05, 0.1) is 10.6 Å². The zero-order chi connectivity index (χ0) is 53.8. The number of halogens is 3. The Morgan fingerprint density at radius 2 is 1.47 bits per heavy atom. The largest absolute Gasteiger partial charge is 0.501 e. The summed E-state index contributed by atoms with van der Waals surface area (Å²) >= 11 is 1.41. The van der Waals surface area contributed by atoms with Crippen LogP contribution in [-0.4, -0.2) is 137 Å². The quantitative estimate of drug-likeness (QED) is 0.0466. The lowest BCUT2D eigenvalue weighted by molar-refractivity contribution is -0.182.